The fourth-order valence-corrected chi connectivity index (χ4v) is 3.55. The van der Waals surface area contributed by atoms with Crippen molar-refractivity contribution in [2.45, 2.75) is 33.2 Å². The van der Waals surface area contributed by atoms with Crippen LogP contribution in [-0.2, 0) is 6.54 Å². The van der Waals surface area contributed by atoms with Gasteiger partial charge in [0.1, 0.15) is 11.6 Å². The van der Waals surface area contributed by atoms with Gasteiger partial charge in [-0.1, -0.05) is 0 Å². The molecule has 0 aromatic heterocycles. The summed E-state index contributed by atoms with van der Waals surface area (Å²) in [5.41, 5.74) is 9.04. The lowest BCUT2D eigenvalue weighted by molar-refractivity contribution is 0.0791. The molecule has 5 N–H and O–H groups in total. The monoisotopic (exact) mass is 430 g/mol. The summed E-state index contributed by atoms with van der Waals surface area (Å²) in [6.07, 6.45) is 2.06. The molecule has 0 aliphatic carbocycles. The Morgan fingerprint density at radius 3 is 2.33 bits per heavy atom. The maximum Gasteiger partial charge on any atom is 0.254 e. The molecule has 1 aliphatic heterocycles. The van der Waals surface area contributed by atoms with Gasteiger partial charge in [0, 0.05) is 41.9 Å². The molecule has 30 heavy (non-hydrogen) atoms. The summed E-state index contributed by atoms with van der Waals surface area (Å²) in [6, 6.07) is 8.09. The van der Waals surface area contributed by atoms with Crippen molar-refractivity contribution < 1.29 is 14.7 Å². The molecule has 0 atom stereocenters. The first-order valence-corrected chi connectivity index (χ1v) is 9.63. The van der Waals surface area contributed by atoms with Crippen LogP contribution < -0.4 is 11.1 Å². The van der Waals surface area contributed by atoms with Crippen LogP contribution >= 0.6 is 12.4 Å². The number of carbonyl (C=O) groups is 2. The number of aryl methyl sites for hydroxylation is 2. The first kappa shape index (κ1) is 23.2. The summed E-state index contributed by atoms with van der Waals surface area (Å²) < 4.78 is 0. The van der Waals surface area contributed by atoms with Crippen LogP contribution in [-0.4, -0.2) is 40.7 Å². The Kier molecular flexibility index (Phi) is 7.45. The van der Waals surface area contributed by atoms with Crippen LogP contribution in [0.1, 0.15) is 55.8 Å². The van der Waals surface area contributed by atoms with E-state index >= 15 is 0 Å². The van der Waals surface area contributed by atoms with Crippen molar-refractivity contribution in [1.82, 2.24) is 10.2 Å². The number of amides is 2. The second-order valence-electron chi connectivity index (χ2n) is 7.42. The molecular formula is C22H27ClN4O3. The number of nitrogens with two attached hydrogens (primary N) is 1. The Labute approximate surface area is 182 Å². The quantitative estimate of drug-likeness (QED) is 0.430. The molecule has 1 saturated heterocycles. The van der Waals surface area contributed by atoms with Gasteiger partial charge in [-0.15, -0.1) is 12.4 Å². The van der Waals surface area contributed by atoms with E-state index in [1.807, 2.05) is 18.7 Å². The summed E-state index contributed by atoms with van der Waals surface area (Å²) in [4.78, 5) is 27.3. The van der Waals surface area contributed by atoms with Gasteiger partial charge in [0.05, 0.1) is 0 Å². The number of hydrogen-bond donors (Lipinski definition) is 4. The highest BCUT2D eigenvalue weighted by Gasteiger charge is 2.22. The number of nitrogens with zero attached hydrogens (tertiary/aromatic N) is 1. The molecular weight excluding hydrogens is 404 g/mol. The predicted molar refractivity (Wildman–Crippen MR) is 119 cm³/mol. The minimum atomic E-state index is -0.293. The lowest BCUT2D eigenvalue weighted by Gasteiger charge is -2.18. The number of amidine groups is 1. The Morgan fingerprint density at radius 1 is 1.10 bits per heavy atom. The Morgan fingerprint density at radius 2 is 1.70 bits per heavy atom. The van der Waals surface area contributed by atoms with Crippen LogP contribution in [0.2, 0.25) is 0 Å². The zero-order chi connectivity index (χ0) is 21.1. The van der Waals surface area contributed by atoms with Crippen molar-refractivity contribution in [2.75, 3.05) is 13.1 Å². The van der Waals surface area contributed by atoms with E-state index in [4.69, 9.17) is 11.1 Å². The lowest BCUT2D eigenvalue weighted by atomic mass is 9.98. The van der Waals surface area contributed by atoms with E-state index in [2.05, 4.69) is 5.32 Å². The molecule has 1 aliphatic rings. The number of phenolic OH excluding ortho intramolecular Hbond substituents is 1. The molecule has 0 saturated carbocycles. The molecule has 0 unspecified atom stereocenters. The van der Waals surface area contributed by atoms with Crippen LogP contribution in [0, 0.1) is 19.3 Å². The van der Waals surface area contributed by atoms with Gasteiger partial charge in [0.25, 0.3) is 11.8 Å². The minimum absolute atomic E-state index is 0. The van der Waals surface area contributed by atoms with Crippen molar-refractivity contribution >= 4 is 30.1 Å². The van der Waals surface area contributed by atoms with E-state index in [1.54, 1.807) is 24.3 Å². The fourth-order valence-electron chi connectivity index (χ4n) is 3.55. The van der Waals surface area contributed by atoms with Crippen molar-refractivity contribution in [2.24, 2.45) is 5.73 Å². The van der Waals surface area contributed by atoms with E-state index in [1.165, 1.54) is 6.07 Å². The number of rotatable bonds is 5. The number of aromatic hydroxyl groups is 1. The SMILES string of the molecule is Cc1cc(C(=O)N2CCCC2)c(C)cc1C(=O)NCc1cc(C(=N)N)ccc1O.Cl. The number of hydrogen-bond acceptors (Lipinski definition) is 4. The predicted octanol–water partition coefficient (Wildman–Crippen LogP) is 2.88. The molecule has 7 nitrogen and oxygen atoms in total. The van der Waals surface area contributed by atoms with E-state index < -0.39 is 0 Å². The van der Waals surface area contributed by atoms with Crippen molar-refractivity contribution in [3.63, 3.8) is 0 Å². The molecule has 160 valence electrons. The average molecular weight is 431 g/mol. The van der Waals surface area contributed by atoms with E-state index in [0.29, 0.717) is 22.3 Å². The number of likely N-dealkylation sites (tertiary alicyclic amines) is 1. The van der Waals surface area contributed by atoms with Gasteiger partial charge in [-0.05, 0) is 68.1 Å². The normalized spacial score (nSPS) is 12.9. The van der Waals surface area contributed by atoms with Crippen LogP contribution in [0.15, 0.2) is 30.3 Å². The fraction of sp³-hybridized carbons (Fsp3) is 0.318. The van der Waals surface area contributed by atoms with Gasteiger partial charge in [-0.2, -0.15) is 0 Å². The number of nitrogen functional groups attached to an aromatic ring is 1. The van der Waals surface area contributed by atoms with Crippen LogP contribution in [0.4, 0.5) is 0 Å². The third-order valence-electron chi connectivity index (χ3n) is 5.27. The van der Waals surface area contributed by atoms with E-state index in [9.17, 15) is 14.7 Å². The third kappa shape index (κ3) is 4.91. The first-order chi connectivity index (χ1) is 13.8. The van der Waals surface area contributed by atoms with Crippen molar-refractivity contribution in [3.8, 4) is 5.75 Å². The minimum Gasteiger partial charge on any atom is -0.508 e. The average Bonchev–Trinajstić information content (AvgIpc) is 3.22. The molecule has 0 bridgehead atoms. The van der Waals surface area contributed by atoms with E-state index in [0.717, 1.165) is 37.1 Å². The summed E-state index contributed by atoms with van der Waals surface area (Å²) in [6.45, 7) is 5.30. The molecule has 0 radical (unpaired) electrons. The van der Waals surface area contributed by atoms with Gasteiger partial charge in [-0.3, -0.25) is 15.0 Å². The van der Waals surface area contributed by atoms with Crippen molar-refractivity contribution in [3.05, 3.63) is 63.7 Å². The highest BCUT2D eigenvalue weighted by Crippen LogP contribution is 2.21. The maximum absolute atomic E-state index is 12.7. The van der Waals surface area contributed by atoms with Crippen LogP contribution in [0.3, 0.4) is 0 Å². The topological polar surface area (TPSA) is 120 Å². The number of halogens is 1. The number of carbonyl (C=O) groups excluding carboxylic acids is 2. The van der Waals surface area contributed by atoms with Gasteiger partial charge < -0.3 is 21.1 Å². The standard InChI is InChI=1S/C22H26N4O3.ClH/c1-13-10-18(22(29)26-7-3-4-8-26)14(2)9-17(13)21(28)25-12-16-11-15(20(23)24)5-6-19(16)27;/h5-6,9-11,27H,3-4,7-8,12H2,1-2H3,(H3,23,24)(H,25,28);1H. The molecule has 8 heteroatoms. The molecule has 2 aromatic carbocycles. The molecule has 3 rings (SSSR count). The van der Waals surface area contributed by atoms with Gasteiger partial charge >= 0.3 is 0 Å². The molecule has 1 fully saturated rings. The second-order valence-corrected chi connectivity index (χ2v) is 7.42. The van der Waals surface area contributed by atoms with Gasteiger partial charge in [-0.25, -0.2) is 0 Å². The van der Waals surface area contributed by atoms with E-state index in [-0.39, 0.29) is 42.4 Å². The molecule has 2 aromatic rings. The summed E-state index contributed by atoms with van der Waals surface area (Å²) in [5, 5.41) is 20.3. The zero-order valence-electron chi connectivity index (χ0n) is 17.1. The Balaban J connectivity index is 0.00000320. The summed E-state index contributed by atoms with van der Waals surface area (Å²) >= 11 is 0. The van der Waals surface area contributed by atoms with Gasteiger partial charge in [0.2, 0.25) is 0 Å². The maximum atomic E-state index is 12.7. The highest BCUT2D eigenvalue weighted by molar-refractivity contribution is 6.00. The van der Waals surface area contributed by atoms with Crippen molar-refractivity contribution in [1.29, 1.82) is 5.41 Å². The van der Waals surface area contributed by atoms with Crippen LogP contribution in [0.5, 0.6) is 5.75 Å². The number of benzene rings is 2. The molecule has 1 heterocycles. The number of phenols is 1. The van der Waals surface area contributed by atoms with Crippen LogP contribution in [0.25, 0.3) is 0 Å². The largest absolute Gasteiger partial charge is 0.508 e. The highest BCUT2D eigenvalue weighted by atomic mass is 35.5. The first-order valence-electron chi connectivity index (χ1n) is 9.63. The molecule has 2 amide bonds. The second kappa shape index (κ2) is 9.63. The third-order valence-corrected chi connectivity index (χ3v) is 5.27. The molecule has 0 spiro atoms. The smallest absolute Gasteiger partial charge is 0.254 e. The zero-order valence-corrected chi connectivity index (χ0v) is 17.9. The Bertz CT molecular complexity index is 985. The number of nitrogens with one attached hydrogen (secondary N) is 2. The Hall–Kier alpha value is -3.06. The van der Waals surface area contributed by atoms with Gasteiger partial charge in [0.15, 0.2) is 0 Å². The summed E-state index contributed by atoms with van der Waals surface area (Å²) in [5.74, 6) is -0.364. The lowest BCUT2D eigenvalue weighted by Crippen LogP contribution is -2.29. The summed E-state index contributed by atoms with van der Waals surface area (Å²) in [7, 11) is 0.